The maximum atomic E-state index is 12.1. The van der Waals surface area contributed by atoms with Crippen LogP contribution in [0.2, 0.25) is 0 Å². The molecular weight excluding hydrogens is 280 g/mol. The highest BCUT2D eigenvalue weighted by Gasteiger charge is 2.09. The van der Waals surface area contributed by atoms with E-state index in [0.717, 1.165) is 11.3 Å². The van der Waals surface area contributed by atoms with E-state index in [9.17, 15) is 9.59 Å². The first-order valence-electron chi connectivity index (χ1n) is 6.85. The summed E-state index contributed by atoms with van der Waals surface area (Å²) in [4.78, 5) is 33.1. The Morgan fingerprint density at radius 2 is 1.82 bits per heavy atom. The molecule has 114 valence electrons. The van der Waals surface area contributed by atoms with E-state index in [1.165, 1.54) is 6.33 Å². The maximum Gasteiger partial charge on any atom is 0.274 e. The molecule has 0 fully saturated rings. The van der Waals surface area contributed by atoms with Crippen molar-refractivity contribution in [1.29, 1.82) is 0 Å². The van der Waals surface area contributed by atoms with Gasteiger partial charge in [0.2, 0.25) is 5.91 Å². The first-order valence-corrected chi connectivity index (χ1v) is 6.85. The maximum absolute atomic E-state index is 12.1. The minimum absolute atomic E-state index is 0.0354. The van der Waals surface area contributed by atoms with Crippen LogP contribution >= 0.6 is 0 Å². The van der Waals surface area contributed by atoms with Crippen molar-refractivity contribution in [1.82, 2.24) is 14.9 Å². The third-order valence-electron chi connectivity index (χ3n) is 3.10. The van der Waals surface area contributed by atoms with E-state index in [0.29, 0.717) is 17.8 Å². The van der Waals surface area contributed by atoms with Crippen molar-refractivity contribution in [2.45, 2.75) is 13.3 Å². The predicted molar refractivity (Wildman–Crippen MR) is 83.6 cm³/mol. The number of hydrogen-bond acceptors (Lipinski definition) is 4. The molecule has 0 aliphatic rings. The van der Waals surface area contributed by atoms with Gasteiger partial charge in [-0.2, -0.15) is 0 Å². The van der Waals surface area contributed by atoms with E-state index in [-0.39, 0.29) is 11.8 Å². The molecule has 1 aromatic carbocycles. The van der Waals surface area contributed by atoms with E-state index in [2.05, 4.69) is 15.3 Å². The molecule has 0 saturated heterocycles. The predicted octanol–water partition coefficient (Wildman–Crippen LogP) is 1.67. The monoisotopic (exact) mass is 298 g/mol. The fourth-order valence-electron chi connectivity index (χ4n) is 1.81. The van der Waals surface area contributed by atoms with Crippen LogP contribution in [0.1, 0.15) is 21.7 Å². The summed E-state index contributed by atoms with van der Waals surface area (Å²) in [7, 11) is 3.45. The van der Waals surface area contributed by atoms with Gasteiger partial charge in [0.25, 0.3) is 5.91 Å². The molecule has 0 aliphatic heterocycles. The number of amides is 2. The summed E-state index contributed by atoms with van der Waals surface area (Å²) in [6, 6.07) is 8.80. The summed E-state index contributed by atoms with van der Waals surface area (Å²) in [5.74, 6) is -0.254. The number of aromatic nitrogens is 2. The number of benzene rings is 1. The van der Waals surface area contributed by atoms with Gasteiger partial charge in [-0.1, -0.05) is 12.1 Å². The Bertz CT molecular complexity index is 681. The van der Waals surface area contributed by atoms with Gasteiger partial charge < -0.3 is 10.2 Å². The van der Waals surface area contributed by atoms with E-state index in [4.69, 9.17) is 0 Å². The van der Waals surface area contributed by atoms with E-state index >= 15 is 0 Å². The number of nitrogens with zero attached hydrogens (tertiary/aromatic N) is 3. The average Bonchev–Trinajstić information content (AvgIpc) is 2.49. The zero-order valence-electron chi connectivity index (χ0n) is 12.8. The van der Waals surface area contributed by atoms with Crippen LogP contribution in [0, 0.1) is 6.92 Å². The summed E-state index contributed by atoms with van der Waals surface area (Å²) in [6.07, 6.45) is 1.70. The van der Waals surface area contributed by atoms with Crippen LogP contribution < -0.4 is 5.32 Å². The van der Waals surface area contributed by atoms with Crippen molar-refractivity contribution in [3.63, 3.8) is 0 Å². The molecule has 1 heterocycles. The Hall–Kier alpha value is -2.76. The van der Waals surface area contributed by atoms with Crippen LogP contribution in [-0.2, 0) is 11.2 Å². The van der Waals surface area contributed by atoms with Crippen LogP contribution in [0.4, 0.5) is 5.69 Å². The van der Waals surface area contributed by atoms with Gasteiger partial charge in [-0.25, -0.2) is 9.97 Å². The van der Waals surface area contributed by atoms with E-state index < -0.39 is 0 Å². The number of rotatable bonds is 4. The smallest absolute Gasteiger partial charge is 0.274 e. The lowest BCUT2D eigenvalue weighted by atomic mass is 10.1. The Balaban J connectivity index is 2.02. The SMILES string of the molecule is Cc1cc(C(=O)Nc2ccc(CC(=O)N(C)C)cc2)ncn1. The highest BCUT2D eigenvalue weighted by atomic mass is 16.2. The second-order valence-electron chi connectivity index (χ2n) is 5.16. The minimum atomic E-state index is -0.289. The van der Waals surface area contributed by atoms with Crippen molar-refractivity contribution >= 4 is 17.5 Å². The standard InChI is InChI=1S/C16H18N4O2/c1-11-8-14(18-10-17-11)16(22)19-13-6-4-12(5-7-13)9-15(21)20(2)3/h4-8,10H,9H2,1-3H3,(H,19,22). The average molecular weight is 298 g/mol. The molecule has 2 amide bonds. The Labute approximate surface area is 129 Å². The molecule has 22 heavy (non-hydrogen) atoms. The normalized spacial score (nSPS) is 10.1. The van der Waals surface area contributed by atoms with Gasteiger partial charge in [0, 0.05) is 25.5 Å². The molecule has 2 aromatic rings. The van der Waals surface area contributed by atoms with Gasteiger partial charge >= 0.3 is 0 Å². The van der Waals surface area contributed by atoms with Crippen LogP contribution in [0.25, 0.3) is 0 Å². The molecule has 0 radical (unpaired) electrons. The summed E-state index contributed by atoms with van der Waals surface area (Å²) < 4.78 is 0. The van der Waals surface area contributed by atoms with Gasteiger partial charge in [0.05, 0.1) is 6.42 Å². The number of aryl methyl sites for hydroxylation is 1. The fraction of sp³-hybridized carbons (Fsp3) is 0.250. The Kier molecular flexibility index (Phi) is 4.83. The second-order valence-corrected chi connectivity index (χ2v) is 5.16. The summed E-state index contributed by atoms with van der Waals surface area (Å²) in [5, 5.41) is 2.76. The molecule has 6 heteroatoms. The topological polar surface area (TPSA) is 75.2 Å². The molecule has 0 spiro atoms. The van der Waals surface area contributed by atoms with Gasteiger partial charge in [-0.3, -0.25) is 9.59 Å². The van der Waals surface area contributed by atoms with Crippen molar-refractivity contribution in [3.05, 3.63) is 53.6 Å². The van der Waals surface area contributed by atoms with Crippen molar-refractivity contribution in [2.24, 2.45) is 0 Å². The number of nitrogens with one attached hydrogen (secondary N) is 1. The molecule has 2 rings (SSSR count). The zero-order chi connectivity index (χ0) is 16.1. The zero-order valence-corrected chi connectivity index (χ0v) is 12.8. The minimum Gasteiger partial charge on any atom is -0.349 e. The van der Waals surface area contributed by atoms with Crippen LogP contribution in [0.3, 0.4) is 0 Å². The summed E-state index contributed by atoms with van der Waals surface area (Å²) in [5.41, 5.74) is 2.61. The summed E-state index contributed by atoms with van der Waals surface area (Å²) >= 11 is 0. The largest absolute Gasteiger partial charge is 0.349 e. The second kappa shape index (κ2) is 6.80. The van der Waals surface area contributed by atoms with Gasteiger partial charge in [-0.05, 0) is 30.7 Å². The lowest BCUT2D eigenvalue weighted by molar-refractivity contribution is -0.127. The van der Waals surface area contributed by atoms with E-state index in [1.54, 1.807) is 44.1 Å². The molecule has 0 atom stereocenters. The number of hydrogen-bond donors (Lipinski definition) is 1. The van der Waals surface area contributed by atoms with Gasteiger partial charge in [0.15, 0.2) is 0 Å². The van der Waals surface area contributed by atoms with Crippen LogP contribution in [0.5, 0.6) is 0 Å². The number of anilines is 1. The van der Waals surface area contributed by atoms with Gasteiger partial charge in [-0.15, -0.1) is 0 Å². The highest BCUT2D eigenvalue weighted by Crippen LogP contribution is 2.12. The van der Waals surface area contributed by atoms with Crippen molar-refractivity contribution in [3.8, 4) is 0 Å². The Morgan fingerprint density at radius 1 is 1.14 bits per heavy atom. The number of likely N-dealkylation sites (N-methyl/N-ethyl adjacent to an activating group) is 1. The van der Waals surface area contributed by atoms with Crippen molar-refractivity contribution in [2.75, 3.05) is 19.4 Å². The molecule has 1 aromatic heterocycles. The first kappa shape index (κ1) is 15.6. The molecule has 0 bridgehead atoms. The number of carbonyl (C=O) groups excluding carboxylic acids is 2. The van der Waals surface area contributed by atoms with Crippen molar-refractivity contribution < 1.29 is 9.59 Å². The molecule has 0 saturated carbocycles. The molecule has 0 aliphatic carbocycles. The molecular formula is C16H18N4O2. The van der Waals surface area contributed by atoms with E-state index in [1.807, 2.05) is 12.1 Å². The first-order chi connectivity index (χ1) is 10.5. The third-order valence-corrected chi connectivity index (χ3v) is 3.10. The quantitative estimate of drug-likeness (QED) is 0.931. The Morgan fingerprint density at radius 3 is 2.41 bits per heavy atom. The lowest BCUT2D eigenvalue weighted by Gasteiger charge is -2.10. The van der Waals surface area contributed by atoms with Crippen LogP contribution in [0.15, 0.2) is 36.7 Å². The fourth-order valence-corrected chi connectivity index (χ4v) is 1.81. The summed E-state index contributed by atoms with van der Waals surface area (Å²) in [6.45, 7) is 1.80. The highest BCUT2D eigenvalue weighted by molar-refractivity contribution is 6.02. The third kappa shape index (κ3) is 4.12. The molecule has 0 unspecified atom stereocenters. The lowest BCUT2D eigenvalue weighted by Crippen LogP contribution is -2.23. The van der Waals surface area contributed by atoms with Gasteiger partial charge in [0.1, 0.15) is 12.0 Å². The molecule has 6 nitrogen and oxygen atoms in total. The number of carbonyl (C=O) groups is 2. The molecule has 1 N–H and O–H groups in total. The van der Waals surface area contributed by atoms with Crippen LogP contribution in [-0.4, -0.2) is 40.8 Å².